The first-order valence-electron chi connectivity index (χ1n) is 13.3. The number of fused-ring (bicyclic) bond motifs is 3. The molecule has 2 amide bonds. The highest BCUT2D eigenvalue weighted by molar-refractivity contribution is 6.12. The summed E-state index contributed by atoms with van der Waals surface area (Å²) in [5, 5.41) is 15.8. The van der Waals surface area contributed by atoms with E-state index in [0.29, 0.717) is 42.3 Å². The van der Waals surface area contributed by atoms with Crippen LogP contribution in [0.5, 0.6) is 5.75 Å². The first-order chi connectivity index (χ1) is 19.3. The number of aliphatic hydroxyl groups excluding tert-OH is 1. The third-order valence-corrected chi connectivity index (χ3v) is 7.65. The number of ketones is 1. The van der Waals surface area contributed by atoms with Gasteiger partial charge in [-0.3, -0.25) is 23.7 Å². The fourth-order valence-electron chi connectivity index (χ4n) is 5.70. The molecule has 2 aromatic heterocycles. The van der Waals surface area contributed by atoms with E-state index < -0.39 is 18.1 Å². The Morgan fingerprint density at radius 3 is 2.23 bits per heavy atom. The molecule has 0 bridgehead atoms. The number of pyridine rings is 1. The lowest BCUT2D eigenvalue weighted by molar-refractivity contribution is -0.124. The lowest BCUT2D eigenvalue weighted by Gasteiger charge is -2.29. The number of aryl methyl sites for hydroxylation is 1. The number of carbonyl (C=O) groups excluding carboxylic acids is 3. The van der Waals surface area contributed by atoms with E-state index in [-0.39, 0.29) is 47.1 Å². The molecule has 0 spiro atoms. The Bertz CT molecular complexity index is 1650. The zero-order valence-electron chi connectivity index (χ0n) is 22.5. The van der Waals surface area contributed by atoms with Crippen LogP contribution in [0.15, 0.2) is 59.4 Å². The first-order valence-corrected chi connectivity index (χ1v) is 13.3. The molecule has 1 aliphatic rings. The molecule has 2 aromatic carbocycles. The summed E-state index contributed by atoms with van der Waals surface area (Å²) in [5.74, 6) is -0.814. The van der Waals surface area contributed by atoms with Crippen LogP contribution in [0.25, 0.3) is 21.8 Å². The second-order valence-corrected chi connectivity index (χ2v) is 10.1. The fraction of sp³-hybridized carbons (Fsp3) is 0.333. The maximum Gasteiger partial charge on any atom is 0.272 e. The number of ether oxygens (including phenoxy) is 1. The van der Waals surface area contributed by atoms with Crippen LogP contribution in [0.3, 0.4) is 0 Å². The van der Waals surface area contributed by atoms with E-state index in [1.165, 1.54) is 11.7 Å². The molecule has 2 heterocycles. The van der Waals surface area contributed by atoms with Gasteiger partial charge in [0, 0.05) is 30.1 Å². The monoisotopic (exact) mass is 544 g/mol. The molecule has 0 unspecified atom stereocenters. The lowest BCUT2D eigenvalue weighted by atomic mass is 9.91. The predicted molar refractivity (Wildman–Crippen MR) is 151 cm³/mol. The highest BCUT2D eigenvalue weighted by atomic mass is 16.5. The smallest absolute Gasteiger partial charge is 0.272 e. The topological polar surface area (TPSA) is 132 Å². The van der Waals surface area contributed by atoms with Crippen molar-refractivity contribution in [2.45, 2.75) is 44.3 Å². The van der Waals surface area contributed by atoms with Crippen molar-refractivity contribution in [1.82, 2.24) is 19.8 Å². The van der Waals surface area contributed by atoms with Gasteiger partial charge in [0.2, 0.25) is 5.91 Å². The molecule has 1 aliphatic carbocycles. The van der Waals surface area contributed by atoms with Crippen molar-refractivity contribution in [2.24, 2.45) is 7.05 Å². The molecule has 0 radical (unpaired) electrons. The van der Waals surface area contributed by atoms with Crippen molar-refractivity contribution >= 4 is 39.4 Å². The molecule has 10 nitrogen and oxygen atoms in total. The van der Waals surface area contributed by atoms with E-state index in [9.17, 15) is 19.2 Å². The summed E-state index contributed by atoms with van der Waals surface area (Å²) >= 11 is 0. The number of rotatable bonds is 8. The minimum atomic E-state index is -0.547. The number of amides is 2. The number of para-hydroxylation sites is 1. The molecular formula is C30H32N4O6. The second kappa shape index (κ2) is 11.4. The predicted octanol–water partition coefficient (Wildman–Crippen LogP) is 2.53. The fourth-order valence-corrected chi connectivity index (χ4v) is 5.70. The molecule has 3 N–H and O–H groups in total. The number of methoxy groups -OCH3 is 1. The standard InChI is InChI=1S/C30H32N4O6/c1-33-26-21-10-6-7-11-22(21)34(16-23(36)18-8-4-3-5-9-18)30(39)25(26)28(40-2)27(33)29(38)32-20-14-12-19(13-15-20)31-24(37)17-35/h3-11,19-20,35H,12-17H2,1-2H3,(H,31,37)(H,32,38). The van der Waals surface area contributed by atoms with Gasteiger partial charge in [0.05, 0.1) is 24.7 Å². The first kappa shape index (κ1) is 27.1. The van der Waals surface area contributed by atoms with Crippen LogP contribution in [0, 0.1) is 0 Å². The van der Waals surface area contributed by atoms with Crippen molar-refractivity contribution in [2.75, 3.05) is 13.7 Å². The summed E-state index contributed by atoms with van der Waals surface area (Å²) in [4.78, 5) is 52.2. The van der Waals surface area contributed by atoms with E-state index in [4.69, 9.17) is 9.84 Å². The van der Waals surface area contributed by atoms with Gasteiger partial charge >= 0.3 is 0 Å². The molecule has 1 fully saturated rings. The molecule has 10 heteroatoms. The van der Waals surface area contributed by atoms with Crippen molar-refractivity contribution in [3.8, 4) is 5.75 Å². The van der Waals surface area contributed by atoms with E-state index >= 15 is 0 Å². The van der Waals surface area contributed by atoms with Crippen LogP contribution >= 0.6 is 0 Å². The van der Waals surface area contributed by atoms with Crippen LogP contribution in [0.4, 0.5) is 0 Å². The zero-order chi connectivity index (χ0) is 28.4. The SMILES string of the molecule is COc1c(C(=O)NC2CCC(NC(=O)CO)CC2)n(C)c2c1c(=O)n(CC(=O)c1ccccc1)c1ccccc21. The quantitative estimate of drug-likeness (QED) is 0.292. The Morgan fingerprint density at radius 2 is 1.57 bits per heavy atom. The number of nitrogens with one attached hydrogen (secondary N) is 2. The molecular weight excluding hydrogens is 512 g/mol. The molecule has 0 aliphatic heterocycles. The van der Waals surface area contributed by atoms with Crippen molar-refractivity contribution < 1.29 is 24.2 Å². The second-order valence-electron chi connectivity index (χ2n) is 10.1. The largest absolute Gasteiger partial charge is 0.493 e. The van der Waals surface area contributed by atoms with E-state index in [0.717, 1.165) is 5.39 Å². The molecule has 1 saturated carbocycles. The number of nitrogens with zero attached hydrogens (tertiary/aromatic N) is 2. The van der Waals surface area contributed by atoms with Crippen LogP contribution in [0.1, 0.15) is 46.5 Å². The number of benzene rings is 2. The zero-order valence-corrected chi connectivity index (χ0v) is 22.5. The van der Waals surface area contributed by atoms with Gasteiger partial charge < -0.3 is 25.0 Å². The highest BCUT2D eigenvalue weighted by Crippen LogP contribution is 2.35. The van der Waals surface area contributed by atoms with E-state index in [2.05, 4.69) is 10.6 Å². The minimum absolute atomic E-state index is 0.0385. The van der Waals surface area contributed by atoms with Gasteiger partial charge in [-0.25, -0.2) is 0 Å². The van der Waals surface area contributed by atoms with Gasteiger partial charge in [-0.2, -0.15) is 0 Å². The van der Waals surface area contributed by atoms with Crippen molar-refractivity contribution in [3.63, 3.8) is 0 Å². The van der Waals surface area contributed by atoms with Gasteiger partial charge in [0.15, 0.2) is 17.2 Å². The third kappa shape index (κ3) is 4.98. The van der Waals surface area contributed by atoms with Gasteiger partial charge in [-0.1, -0.05) is 48.5 Å². The Hall–Kier alpha value is -4.44. The average Bonchev–Trinajstić information content (AvgIpc) is 3.28. The maximum absolute atomic E-state index is 13.9. The van der Waals surface area contributed by atoms with Crippen LogP contribution in [0.2, 0.25) is 0 Å². The molecule has 208 valence electrons. The van der Waals surface area contributed by atoms with Crippen molar-refractivity contribution in [1.29, 1.82) is 0 Å². The summed E-state index contributed by atoms with van der Waals surface area (Å²) in [6, 6.07) is 16.0. The third-order valence-electron chi connectivity index (χ3n) is 7.65. The Labute approximate surface area is 230 Å². The van der Waals surface area contributed by atoms with E-state index in [1.54, 1.807) is 41.9 Å². The van der Waals surface area contributed by atoms with Gasteiger partial charge in [-0.15, -0.1) is 0 Å². The molecule has 40 heavy (non-hydrogen) atoms. The van der Waals surface area contributed by atoms with Crippen LogP contribution in [-0.4, -0.2) is 57.6 Å². The van der Waals surface area contributed by atoms with Crippen LogP contribution < -0.4 is 20.9 Å². The molecule has 0 saturated heterocycles. The summed E-state index contributed by atoms with van der Waals surface area (Å²) in [6.07, 6.45) is 2.67. The van der Waals surface area contributed by atoms with Gasteiger partial charge in [0.25, 0.3) is 11.5 Å². The van der Waals surface area contributed by atoms with Gasteiger partial charge in [0.1, 0.15) is 12.0 Å². The number of hydrogen-bond acceptors (Lipinski definition) is 6. The highest BCUT2D eigenvalue weighted by Gasteiger charge is 2.30. The maximum atomic E-state index is 13.9. The minimum Gasteiger partial charge on any atom is -0.493 e. The number of aromatic nitrogens is 2. The average molecular weight is 545 g/mol. The van der Waals surface area contributed by atoms with Gasteiger partial charge in [-0.05, 0) is 31.7 Å². The Balaban J connectivity index is 1.52. The summed E-state index contributed by atoms with van der Waals surface area (Å²) in [6.45, 7) is -0.705. The molecule has 4 aromatic rings. The number of aliphatic hydroxyl groups is 1. The van der Waals surface area contributed by atoms with E-state index in [1.807, 2.05) is 24.3 Å². The normalized spacial score (nSPS) is 17.1. The Morgan fingerprint density at radius 1 is 0.950 bits per heavy atom. The summed E-state index contributed by atoms with van der Waals surface area (Å²) in [5.41, 5.74) is 1.46. The lowest BCUT2D eigenvalue weighted by Crippen LogP contribution is -2.44. The van der Waals surface area contributed by atoms with Crippen molar-refractivity contribution in [3.05, 3.63) is 76.2 Å². The number of carbonyl (C=O) groups is 3. The number of Topliss-reactive ketones (excluding diaryl/α,β-unsaturated/α-hetero) is 1. The summed E-state index contributed by atoms with van der Waals surface area (Å²) < 4.78 is 8.81. The summed E-state index contributed by atoms with van der Waals surface area (Å²) in [7, 11) is 3.15. The Kier molecular flexibility index (Phi) is 7.70. The molecule has 5 rings (SSSR count). The molecule has 0 atom stereocenters. The van der Waals surface area contributed by atoms with Crippen LogP contribution in [-0.2, 0) is 18.4 Å². The number of hydrogen-bond donors (Lipinski definition) is 3.